The summed E-state index contributed by atoms with van der Waals surface area (Å²) in [6, 6.07) is 11.8. The van der Waals surface area contributed by atoms with E-state index >= 15 is 0 Å². The van der Waals surface area contributed by atoms with E-state index in [1.807, 2.05) is 0 Å². The molecule has 1 heterocycles. The van der Waals surface area contributed by atoms with E-state index in [1.54, 1.807) is 0 Å². The lowest BCUT2D eigenvalue weighted by molar-refractivity contribution is -0.660. The molecule has 24 heavy (non-hydrogen) atoms. The van der Waals surface area contributed by atoms with Crippen molar-refractivity contribution in [2.75, 3.05) is 0 Å². The molecule has 0 amide bonds. The van der Waals surface area contributed by atoms with Crippen LogP contribution in [0.1, 0.15) is 75.5 Å². The van der Waals surface area contributed by atoms with Gasteiger partial charge in [0.2, 0.25) is 5.69 Å². The standard InChI is InChI=1S/C23H32N/c1-17-11-12-19(18-9-7-6-8-10-18)15-21(17)22-16-20(23(2,3)4)13-14-24(22)5/h11-16,18H,6-10H2,1-5H3/q+1. The van der Waals surface area contributed by atoms with Crippen LogP contribution in [-0.2, 0) is 12.5 Å². The van der Waals surface area contributed by atoms with E-state index in [1.165, 1.54) is 60.1 Å². The molecule has 0 N–H and O–H groups in total. The number of aromatic nitrogens is 1. The molecule has 1 saturated carbocycles. The van der Waals surface area contributed by atoms with Crippen molar-refractivity contribution in [1.29, 1.82) is 0 Å². The van der Waals surface area contributed by atoms with Gasteiger partial charge in [-0.3, -0.25) is 0 Å². The van der Waals surface area contributed by atoms with Crippen LogP contribution in [0.15, 0.2) is 36.5 Å². The van der Waals surface area contributed by atoms with Crippen molar-refractivity contribution in [2.45, 2.75) is 71.1 Å². The second-order valence-electron chi connectivity index (χ2n) is 8.57. The summed E-state index contributed by atoms with van der Waals surface area (Å²) in [5.41, 5.74) is 7.22. The van der Waals surface area contributed by atoms with E-state index in [9.17, 15) is 0 Å². The lowest BCUT2D eigenvalue weighted by atomic mass is 9.82. The van der Waals surface area contributed by atoms with Crippen LogP contribution >= 0.6 is 0 Å². The minimum atomic E-state index is 0.178. The molecule has 0 spiro atoms. The first-order valence-electron chi connectivity index (χ1n) is 9.47. The van der Waals surface area contributed by atoms with Crippen LogP contribution in [0.5, 0.6) is 0 Å². The van der Waals surface area contributed by atoms with Crippen molar-refractivity contribution in [2.24, 2.45) is 7.05 Å². The van der Waals surface area contributed by atoms with Gasteiger partial charge in [0.25, 0.3) is 0 Å². The maximum Gasteiger partial charge on any atom is 0.212 e. The largest absolute Gasteiger partial charge is 0.212 e. The Morgan fingerprint density at radius 3 is 2.33 bits per heavy atom. The third kappa shape index (κ3) is 3.55. The first-order chi connectivity index (χ1) is 11.4. The van der Waals surface area contributed by atoms with Crippen LogP contribution < -0.4 is 4.57 Å². The minimum Gasteiger partial charge on any atom is -0.201 e. The summed E-state index contributed by atoms with van der Waals surface area (Å²) in [5, 5.41) is 0. The third-order valence-electron chi connectivity index (χ3n) is 5.63. The summed E-state index contributed by atoms with van der Waals surface area (Å²) in [6.45, 7) is 9.11. The van der Waals surface area contributed by atoms with E-state index in [2.05, 4.69) is 75.8 Å². The zero-order chi connectivity index (χ0) is 17.3. The SMILES string of the molecule is Cc1ccc(C2CCCCC2)cc1-c1cc(C(C)(C)C)cc[n+]1C. The Hall–Kier alpha value is -1.63. The summed E-state index contributed by atoms with van der Waals surface area (Å²) < 4.78 is 2.27. The maximum atomic E-state index is 2.47. The Morgan fingerprint density at radius 2 is 1.67 bits per heavy atom. The van der Waals surface area contributed by atoms with Crippen molar-refractivity contribution in [3.05, 3.63) is 53.2 Å². The molecule has 0 bridgehead atoms. The van der Waals surface area contributed by atoms with Gasteiger partial charge in [0, 0.05) is 17.7 Å². The van der Waals surface area contributed by atoms with Gasteiger partial charge in [-0.2, -0.15) is 0 Å². The van der Waals surface area contributed by atoms with Crippen molar-refractivity contribution < 1.29 is 4.57 Å². The molecule has 1 aliphatic rings. The van der Waals surface area contributed by atoms with Crippen LogP contribution in [0.2, 0.25) is 0 Å². The molecular weight excluding hydrogens is 290 g/mol. The monoisotopic (exact) mass is 322 g/mol. The maximum absolute atomic E-state index is 2.47. The van der Waals surface area contributed by atoms with Gasteiger partial charge in [-0.25, -0.2) is 4.57 Å². The summed E-state index contributed by atoms with van der Waals surface area (Å²) in [6.07, 6.45) is 9.12. The topological polar surface area (TPSA) is 3.88 Å². The van der Waals surface area contributed by atoms with E-state index in [4.69, 9.17) is 0 Å². The number of hydrogen-bond acceptors (Lipinski definition) is 0. The molecular formula is C23H32N+. The number of aryl methyl sites for hydroxylation is 2. The fraction of sp³-hybridized carbons (Fsp3) is 0.522. The van der Waals surface area contributed by atoms with Gasteiger partial charge in [-0.05, 0) is 53.9 Å². The Bertz CT molecular complexity index is 715. The zero-order valence-corrected chi connectivity index (χ0v) is 16.0. The highest BCUT2D eigenvalue weighted by Gasteiger charge is 2.22. The summed E-state index contributed by atoms with van der Waals surface area (Å²) >= 11 is 0. The highest BCUT2D eigenvalue weighted by atomic mass is 14.9. The summed E-state index contributed by atoms with van der Waals surface area (Å²) in [7, 11) is 2.16. The molecule has 1 fully saturated rings. The Balaban J connectivity index is 2.05. The smallest absolute Gasteiger partial charge is 0.201 e. The zero-order valence-electron chi connectivity index (χ0n) is 16.0. The van der Waals surface area contributed by atoms with Gasteiger partial charge < -0.3 is 0 Å². The molecule has 1 aliphatic carbocycles. The van der Waals surface area contributed by atoms with Crippen LogP contribution in [0.25, 0.3) is 11.3 Å². The van der Waals surface area contributed by atoms with Crippen LogP contribution in [-0.4, -0.2) is 0 Å². The van der Waals surface area contributed by atoms with E-state index in [0.717, 1.165) is 5.92 Å². The molecule has 3 rings (SSSR count). The van der Waals surface area contributed by atoms with Crippen LogP contribution in [0, 0.1) is 6.92 Å². The number of hydrogen-bond donors (Lipinski definition) is 0. The Labute approximate surface area is 147 Å². The van der Waals surface area contributed by atoms with Crippen molar-refractivity contribution in [3.63, 3.8) is 0 Å². The number of benzene rings is 1. The fourth-order valence-electron chi connectivity index (χ4n) is 3.91. The first kappa shape index (κ1) is 17.2. The molecule has 1 heteroatoms. The van der Waals surface area contributed by atoms with Gasteiger partial charge in [-0.15, -0.1) is 0 Å². The number of pyridine rings is 1. The Morgan fingerprint density at radius 1 is 0.958 bits per heavy atom. The second kappa shape index (κ2) is 6.70. The highest BCUT2D eigenvalue weighted by Crippen LogP contribution is 2.35. The second-order valence-corrected chi connectivity index (χ2v) is 8.57. The molecule has 0 unspecified atom stereocenters. The molecule has 1 aromatic heterocycles. The van der Waals surface area contributed by atoms with Gasteiger partial charge in [-0.1, -0.05) is 52.2 Å². The molecule has 1 nitrogen and oxygen atoms in total. The van der Waals surface area contributed by atoms with E-state index in [0.29, 0.717) is 0 Å². The average molecular weight is 323 g/mol. The van der Waals surface area contributed by atoms with Crippen molar-refractivity contribution >= 4 is 0 Å². The van der Waals surface area contributed by atoms with Crippen LogP contribution in [0.4, 0.5) is 0 Å². The number of rotatable bonds is 2. The fourth-order valence-corrected chi connectivity index (χ4v) is 3.91. The van der Waals surface area contributed by atoms with Crippen molar-refractivity contribution in [1.82, 2.24) is 0 Å². The van der Waals surface area contributed by atoms with E-state index in [-0.39, 0.29) is 5.41 Å². The van der Waals surface area contributed by atoms with Crippen molar-refractivity contribution in [3.8, 4) is 11.3 Å². The predicted octanol–water partition coefficient (Wildman–Crippen LogP) is 5.83. The molecule has 0 aliphatic heterocycles. The lowest BCUT2D eigenvalue weighted by Gasteiger charge is -2.23. The van der Waals surface area contributed by atoms with Crippen LogP contribution in [0.3, 0.4) is 0 Å². The lowest BCUT2D eigenvalue weighted by Crippen LogP contribution is -2.32. The number of nitrogens with zero attached hydrogens (tertiary/aromatic N) is 1. The van der Waals surface area contributed by atoms with Gasteiger partial charge in [0.15, 0.2) is 6.20 Å². The normalized spacial score (nSPS) is 16.4. The van der Waals surface area contributed by atoms with E-state index < -0.39 is 0 Å². The summed E-state index contributed by atoms with van der Waals surface area (Å²) in [5.74, 6) is 0.759. The third-order valence-corrected chi connectivity index (χ3v) is 5.63. The molecule has 0 saturated heterocycles. The van der Waals surface area contributed by atoms with Gasteiger partial charge in [0.05, 0.1) is 0 Å². The molecule has 2 aromatic rings. The predicted molar refractivity (Wildman–Crippen MR) is 102 cm³/mol. The Kier molecular flexibility index (Phi) is 4.80. The highest BCUT2D eigenvalue weighted by molar-refractivity contribution is 5.63. The van der Waals surface area contributed by atoms with Gasteiger partial charge in [0.1, 0.15) is 7.05 Å². The molecule has 0 radical (unpaired) electrons. The molecule has 0 atom stereocenters. The van der Waals surface area contributed by atoms with Gasteiger partial charge >= 0.3 is 0 Å². The first-order valence-corrected chi connectivity index (χ1v) is 9.47. The average Bonchev–Trinajstić information content (AvgIpc) is 2.56. The quantitative estimate of drug-likeness (QED) is 0.612. The minimum absolute atomic E-state index is 0.178. The molecule has 1 aromatic carbocycles. The molecule has 128 valence electrons. The summed E-state index contributed by atoms with van der Waals surface area (Å²) in [4.78, 5) is 0.